The molecule has 3 heteroatoms. The molecule has 7 rings (SSSR count). The summed E-state index contributed by atoms with van der Waals surface area (Å²) in [7, 11) is 0. The van der Waals surface area contributed by atoms with Crippen LogP contribution in [0.4, 0.5) is 0 Å². The summed E-state index contributed by atoms with van der Waals surface area (Å²) in [5.74, 6) is 0. The molecule has 0 radical (unpaired) electrons. The molecule has 6 aromatic carbocycles. The van der Waals surface area contributed by atoms with Crippen LogP contribution in [0, 0.1) is 16.7 Å². The van der Waals surface area contributed by atoms with Crippen molar-refractivity contribution >= 4 is 38.3 Å². The van der Waals surface area contributed by atoms with Gasteiger partial charge < -0.3 is 9.98 Å². The lowest BCUT2D eigenvalue weighted by molar-refractivity contribution is 1.18. The third-order valence-electron chi connectivity index (χ3n) is 8.03. The maximum atomic E-state index is 9.35. The Balaban J connectivity index is 1.54. The number of hydrogen-bond donors (Lipinski definition) is 1. The lowest BCUT2D eigenvalue weighted by Crippen LogP contribution is -1.97. The Morgan fingerprint density at radius 1 is 0.651 bits per heavy atom. The molecule has 0 bridgehead atoms. The molecule has 0 aliphatic carbocycles. The van der Waals surface area contributed by atoms with E-state index in [0.717, 1.165) is 38.8 Å². The highest BCUT2D eigenvalue weighted by molar-refractivity contribution is 6.24. The fourth-order valence-corrected chi connectivity index (χ4v) is 6.01. The molecule has 43 heavy (non-hydrogen) atoms. The number of hydrogen-bond acceptors (Lipinski definition) is 2. The molecule has 0 saturated carbocycles. The molecule has 1 heterocycles. The number of nitrogens with zero attached hydrogens (tertiary/aromatic N) is 2. The summed E-state index contributed by atoms with van der Waals surface area (Å²) in [5, 5.41) is 22.8. The Bertz CT molecular complexity index is 2260. The van der Waals surface area contributed by atoms with Gasteiger partial charge in [-0.2, -0.15) is 5.26 Å². The molecule has 3 nitrogen and oxygen atoms in total. The van der Waals surface area contributed by atoms with Gasteiger partial charge in [0.1, 0.15) is 0 Å². The largest absolute Gasteiger partial charge is 0.309 e. The zero-order valence-corrected chi connectivity index (χ0v) is 23.5. The van der Waals surface area contributed by atoms with E-state index in [1.54, 1.807) is 6.08 Å². The second kappa shape index (κ2) is 10.8. The maximum Gasteiger partial charge on any atom is 0.0992 e. The number of para-hydroxylation sites is 1. The van der Waals surface area contributed by atoms with Gasteiger partial charge in [-0.15, -0.1) is 0 Å². The predicted molar refractivity (Wildman–Crippen MR) is 180 cm³/mol. The first-order valence-electron chi connectivity index (χ1n) is 14.2. The van der Waals surface area contributed by atoms with Gasteiger partial charge in [0.25, 0.3) is 0 Å². The summed E-state index contributed by atoms with van der Waals surface area (Å²) in [6, 6.07) is 48.8. The van der Waals surface area contributed by atoms with Crippen LogP contribution in [0.15, 0.2) is 158 Å². The number of aromatic nitrogens is 1. The fourth-order valence-electron chi connectivity index (χ4n) is 6.01. The van der Waals surface area contributed by atoms with E-state index < -0.39 is 0 Å². The monoisotopic (exact) mass is 549 g/mol. The third kappa shape index (κ3) is 4.52. The van der Waals surface area contributed by atoms with Crippen molar-refractivity contribution in [1.29, 1.82) is 10.7 Å². The Morgan fingerprint density at radius 2 is 1.35 bits per heavy atom. The van der Waals surface area contributed by atoms with Crippen LogP contribution in [-0.2, 0) is 0 Å². The lowest BCUT2D eigenvalue weighted by atomic mass is 9.93. The van der Waals surface area contributed by atoms with Crippen molar-refractivity contribution in [1.82, 2.24) is 4.57 Å². The van der Waals surface area contributed by atoms with Gasteiger partial charge in [0, 0.05) is 22.0 Å². The average molecular weight is 550 g/mol. The van der Waals surface area contributed by atoms with Crippen LogP contribution in [-0.4, -0.2) is 10.3 Å². The first-order chi connectivity index (χ1) is 21.2. The highest BCUT2D eigenvalue weighted by Crippen LogP contribution is 2.42. The third-order valence-corrected chi connectivity index (χ3v) is 8.03. The highest BCUT2D eigenvalue weighted by Gasteiger charge is 2.19. The van der Waals surface area contributed by atoms with Gasteiger partial charge in [0.05, 0.1) is 28.4 Å². The van der Waals surface area contributed by atoms with E-state index in [2.05, 4.69) is 120 Å². The molecule has 0 atom stereocenters. The number of fused-ring (bicyclic) bond motifs is 5. The van der Waals surface area contributed by atoms with Gasteiger partial charge >= 0.3 is 0 Å². The fraction of sp³-hybridized carbons (Fsp3) is 0. The van der Waals surface area contributed by atoms with Crippen molar-refractivity contribution in [3.05, 3.63) is 163 Å². The molecular formula is C40H27N3. The topological polar surface area (TPSA) is 52.6 Å². The van der Waals surface area contributed by atoms with Crippen LogP contribution in [0.25, 0.3) is 60.5 Å². The normalized spacial score (nSPS) is 11.6. The van der Waals surface area contributed by atoms with E-state index >= 15 is 0 Å². The molecule has 0 saturated heterocycles. The first-order valence-corrected chi connectivity index (χ1v) is 14.2. The van der Waals surface area contributed by atoms with Crippen molar-refractivity contribution in [3.63, 3.8) is 0 Å². The predicted octanol–water partition coefficient (Wildman–Crippen LogP) is 10.3. The zero-order valence-electron chi connectivity index (χ0n) is 23.5. The summed E-state index contributed by atoms with van der Waals surface area (Å²) in [5.41, 5.74) is 9.22. The van der Waals surface area contributed by atoms with Crippen molar-refractivity contribution in [2.45, 2.75) is 0 Å². The molecule has 1 aromatic heterocycles. The first kappa shape index (κ1) is 26.0. The Hall–Kier alpha value is -5.98. The molecule has 0 fully saturated rings. The number of nitriles is 1. The quantitative estimate of drug-likeness (QED) is 0.125. The smallest absolute Gasteiger partial charge is 0.0992 e. The Labute approximate surface area is 250 Å². The minimum atomic E-state index is 0.274. The molecule has 0 unspecified atom stereocenters. The molecule has 7 aromatic rings. The van der Waals surface area contributed by atoms with Crippen molar-refractivity contribution < 1.29 is 0 Å². The van der Waals surface area contributed by atoms with Crippen LogP contribution in [0.3, 0.4) is 0 Å². The standard InChI is InChI=1S/C40H27N3/c1-2-27(26-41)22-37(42)31-15-11-14-30(23-31)36-25-39-40(34-19-10-9-18-33(34)36)35-21-20-29(28-12-5-3-6-13-28)24-38(35)43(39)32-16-7-4-8-17-32/h2-25,42H,1H2/b27-22+,42-37?. The van der Waals surface area contributed by atoms with Gasteiger partial charge in [-0.1, -0.05) is 116 Å². The second-order valence-corrected chi connectivity index (χ2v) is 10.5. The molecule has 0 aliphatic rings. The number of allylic oxidation sites excluding steroid dienone is 3. The van der Waals surface area contributed by atoms with E-state index in [1.165, 1.54) is 33.4 Å². The van der Waals surface area contributed by atoms with Crippen LogP contribution >= 0.6 is 0 Å². The van der Waals surface area contributed by atoms with Crippen LogP contribution < -0.4 is 0 Å². The van der Waals surface area contributed by atoms with Gasteiger partial charge in [0.15, 0.2) is 0 Å². The van der Waals surface area contributed by atoms with E-state index in [4.69, 9.17) is 5.41 Å². The molecule has 0 amide bonds. The number of benzene rings is 6. The van der Waals surface area contributed by atoms with E-state index in [-0.39, 0.29) is 5.71 Å². The van der Waals surface area contributed by atoms with Crippen LogP contribution in [0.1, 0.15) is 5.56 Å². The molecular weight excluding hydrogens is 522 g/mol. The summed E-state index contributed by atoms with van der Waals surface area (Å²) >= 11 is 0. The zero-order chi connectivity index (χ0) is 29.3. The van der Waals surface area contributed by atoms with Crippen molar-refractivity contribution in [3.8, 4) is 34.0 Å². The minimum absolute atomic E-state index is 0.274. The lowest BCUT2D eigenvalue weighted by Gasteiger charge is -2.13. The molecule has 1 N–H and O–H groups in total. The van der Waals surface area contributed by atoms with E-state index in [9.17, 15) is 5.26 Å². The van der Waals surface area contributed by atoms with Gasteiger partial charge in [0.2, 0.25) is 0 Å². The Morgan fingerprint density at radius 3 is 2.09 bits per heavy atom. The van der Waals surface area contributed by atoms with Gasteiger partial charge in [-0.25, -0.2) is 0 Å². The summed E-state index contributed by atoms with van der Waals surface area (Å²) < 4.78 is 2.37. The molecule has 202 valence electrons. The summed E-state index contributed by atoms with van der Waals surface area (Å²) in [6.45, 7) is 3.69. The minimum Gasteiger partial charge on any atom is -0.309 e. The average Bonchev–Trinajstić information content (AvgIpc) is 3.41. The van der Waals surface area contributed by atoms with Crippen molar-refractivity contribution in [2.24, 2.45) is 0 Å². The SMILES string of the molecule is C=C/C(C#N)=C\C(=N)c1cccc(-c2cc3c(c4ccccc24)c2ccc(-c4ccccc4)cc2n3-c2ccccc2)c1. The van der Waals surface area contributed by atoms with E-state index in [0.29, 0.717) is 5.57 Å². The summed E-state index contributed by atoms with van der Waals surface area (Å²) in [4.78, 5) is 0. The number of nitrogens with one attached hydrogen (secondary N) is 1. The van der Waals surface area contributed by atoms with Gasteiger partial charge in [-0.05, 0) is 69.4 Å². The van der Waals surface area contributed by atoms with Gasteiger partial charge in [-0.3, -0.25) is 0 Å². The Kier molecular flexibility index (Phi) is 6.51. The highest BCUT2D eigenvalue weighted by atomic mass is 15.0. The second-order valence-electron chi connectivity index (χ2n) is 10.5. The van der Waals surface area contributed by atoms with E-state index in [1.807, 2.05) is 30.3 Å². The molecule has 0 aliphatic heterocycles. The van der Waals surface area contributed by atoms with Crippen LogP contribution in [0.2, 0.25) is 0 Å². The summed E-state index contributed by atoms with van der Waals surface area (Å²) in [6.07, 6.45) is 3.04. The van der Waals surface area contributed by atoms with Crippen molar-refractivity contribution in [2.75, 3.05) is 0 Å². The molecule has 0 spiro atoms. The number of rotatable bonds is 6. The van der Waals surface area contributed by atoms with Crippen LogP contribution in [0.5, 0.6) is 0 Å². The maximum absolute atomic E-state index is 9.35.